The van der Waals surface area contributed by atoms with E-state index in [1.807, 2.05) is 0 Å². The minimum absolute atomic E-state index is 0.0790. The number of hydrogen-bond acceptors (Lipinski definition) is 4. The first-order valence-corrected chi connectivity index (χ1v) is 13.4. The molecule has 0 fully saturated rings. The van der Waals surface area contributed by atoms with Gasteiger partial charge in [-0.1, -0.05) is 42.5 Å². The molecule has 0 bridgehead atoms. The Balaban J connectivity index is 1.40. The summed E-state index contributed by atoms with van der Waals surface area (Å²) in [6.07, 6.45) is -3.19. The minimum Gasteiger partial charge on any atom is -0.325 e. The van der Waals surface area contributed by atoms with Crippen LogP contribution in [0, 0.1) is 5.82 Å². The van der Waals surface area contributed by atoms with E-state index in [-0.39, 0.29) is 17.1 Å². The van der Waals surface area contributed by atoms with Crippen LogP contribution in [0.15, 0.2) is 114 Å². The zero-order valence-electron chi connectivity index (χ0n) is 21.7. The van der Waals surface area contributed by atoms with Gasteiger partial charge < -0.3 is 16.0 Å². The number of rotatable bonds is 9. The van der Waals surface area contributed by atoms with Crippen LogP contribution in [0.25, 0.3) is 6.08 Å². The second-order valence-corrected chi connectivity index (χ2v) is 9.84. The third-order valence-corrected chi connectivity index (χ3v) is 6.71. The van der Waals surface area contributed by atoms with E-state index < -0.39 is 35.3 Å². The Morgan fingerprint density at radius 2 is 1.40 bits per heavy atom. The van der Waals surface area contributed by atoms with Crippen molar-refractivity contribution in [1.82, 2.24) is 5.32 Å². The average molecular weight is 594 g/mol. The molecule has 0 unspecified atom stereocenters. The maximum Gasteiger partial charge on any atom is 0.418 e. The number of carbonyl (C=O) groups is 3. The normalized spacial score (nSPS) is 11.5. The van der Waals surface area contributed by atoms with Crippen molar-refractivity contribution in [3.8, 4) is 0 Å². The molecule has 0 saturated carbocycles. The van der Waals surface area contributed by atoms with Crippen LogP contribution in [0.4, 0.5) is 28.9 Å². The number of carbonyl (C=O) groups excluding carboxylic acids is 3. The van der Waals surface area contributed by atoms with Gasteiger partial charge >= 0.3 is 6.18 Å². The van der Waals surface area contributed by atoms with Crippen molar-refractivity contribution in [2.75, 3.05) is 16.4 Å². The first-order chi connectivity index (χ1) is 20.1. The number of amides is 3. The Kier molecular flexibility index (Phi) is 9.77. The highest BCUT2D eigenvalue weighted by molar-refractivity contribution is 8.00. The number of nitrogens with one attached hydrogen (secondary N) is 3. The van der Waals surface area contributed by atoms with Gasteiger partial charge in [0, 0.05) is 16.1 Å². The fraction of sp³-hybridized carbons (Fsp3) is 0.0645. The van der Waals surface area contributed by atoms with Gasteiger partial charge in [-0.15, -0.1) is 11.8 Å². The molecule has 6 nitrogen and oxygen atoms in total. The van der Waals surface area contributed by atoms with E-state index >= 15 is 0 Å². The van der Waals surface area contributed by atoms with Gasteiger partial charge in [0.1, 0.15) is 11.5 Å². The van der Waals surface area contributed by atoms with Crippen LogP contribution >= 0.6 is 11.8 Å². The standard InChI is InChI=1S/C31H23F4N3O3S/c32-22-12-10-20(11-13-22)18-27(38-29(40)21-6-2-1-3-7-21)30(41)36-23-14-16-24(17-15-23)42-19-28(39)37-26-9-5-4-8-25(26)31(33,34)35/h1-18H,19H2,(H,36,41)(H,37,39)(H,38,40)/b27-18-. The Bertz CT molecular complexity index is 1590. The van der Waals surface area contributed by atoms with Crippen LogP contribution in [0.3, 0.4) is 0 Å². The molecule has 42 heavy (non-hydrogen) atoms. The van der Waals surface area contributed by atoms with Gasteiger partial charge in [0.25, 0.3) is 11.8 Å². The monoisotopic (exact) mass is 593 g/mol. The number of thioether (sulfide) groups is 1. The summed E-state index contributed by atoms with van der Waals surface area (Å²) in [7, 11) is 0. The van der Waals surface area contributed by atoms with Crippen LogP contribution in [0.1, 0.15) is 21.5 Å². The summed E-state index contributed by atoms with van der Waals surface area (Å²) in [5.41, 5.74) is -0.134. The molecule has 0 aliphatic carbocycles. The first kappa shape index (κ1) is 30.1. The lowest BCUT2D eigenvalue weighted by Gasteiger charge is -2.13. The van der Waals surface area contributed by atoms with Crippen molar-refractivity contribution in [3.63, 3.8) is 0 Å². The molecule has 4 aromatic rings. The van der Waals surface area contributed by atoms with E-state index in [0.29, 0.717) is 21.7 Å². The highest BCUT2D eigenvalue weighted by Crippen LogP contribution is 2.34. The molecule has 214 valence electrons. The fourth-order valence-electron chi connectivity index (χ4n) is 3.68. The predicted molar refractivity (Wildman–Crippen MR) is 154 cm³/mol. The minimum atomic E-state index is -4.60. The van der Waals surface area contributed by atoms with Crippen molar-refractivity contribution in [2.24, 2.45) is 0 Å². The van der Waals surface area contributed by atoms with E-state index in [9.17, 15) is 31.9 Å². The molecule has 0 saturated heterocycles. The van der Waals surface area contributed by atoms with Crippen molar-refractivity contribution >= 4 is 46.9 Å². The molecule has 4 rings (SSSR count). The topological polar surface area (TPSA) is 87.3 Å². The molecule has 0 radical (unpaired) electrons. The number of benzene rings is 4. The maximum atomic E-state index is 13.4. The lowest BCUT2D eigenvalue weighted by atomic mass is 10.1. The quantitative estimate of drug-likeness (QED) is 0.111. The molecule has 4 aromatic carbocycles. The second-order valence-electron chi connectivity index (χ2n) is 8.79. The third kappa shape index (κ3) is 8.55. The number of halogens is 4. The molecule has 0 spiro atoms. The lowest BCUT2D eigenvalue weighted by molar-refractivity contribution is -0.137. The van der Waals surface area contributed by atoms with Crippen molar-refractivity contribution in [2.45, 2.75) is 11.1 Å². The van der Waals surface area contributed by atoms with E-state index in [1.54, 1.807) is 54.6 Å². The molecule has 0 aromatic heterocycles. The molecule has 0 atom stereocenters. The van der Waals surface area contributed by atoms with E-state index in [0.717, 1.165) is 17.8 Å². The number of anilines is 2. The van der Waals surface area contributed by atoms with Crippen LogP contribution in [0.2, 0.25) is 0 Å². The maximum absolute atomic E-state index is 13.4. The summed E-state index contributed by atoms with van der Waals surface area (Å²) in [5.74, 6) is -2.35. The highest BCUT2D eigenvalue weighted by Gasteiger charge is 2.33. The molecule has 11 heteroatoms. The van der Waals surface area contributed by atoms with E-state index in [4.69, 9.17) is 0 Å². The fourth-order valence-corrected chi connectivity index (χ4v) is 4.37. The molecular formula is C31H23F4N3O3S. The molecule has 3 amide bonds. The summed E-state index contributed by atoms with van der Waals surface area (Å²) >= 11 is 1.10. The van der Waals surface area contributed by atoms with Gasteiger partial charge in [0.2, 0.25) is 5.91 Å². The average Bonchev–Trinajstić information content (AvgIpc) is 2.97. The Morgan fingerprint density at radius 3 is 2.07 bits per heavy atom. The van der Waals surface area contributed by atoms with Gasteiger partial charge in [-0.3, -0.25) is 14.4 Å². The Labute approximate surface area is 242 Å². The number of alkyl halides is 3. The molecule has 3 N–H and O–H groups in total. The zero-order chi connectivity index (χ0) is 30.1. The van der Waals surface area contributed by atoms with Gasteiger partial charge in [-0.25, -0.2) is 4.39 Å². The Hall–Kier alpha value is -4.90. The van der Waals surface area contributed by atoms with Crippen LogP contribution in [-0.2, 0) is 15.8 Å². The largest absolute Gasteiger partial charge is 0.418 e. The molecule has 0 aliphatic heterocycles. The highest BCUT2D eigenvalue weighted by atomic mass is 32.2. The summed E-state index contributed by atoms with van der Waals surface area (Å²) in [4.78, 5) is 38.8. The van der Waals surface area contributed by atoms with E-state index in [1.165, 1.54) is 48.5 Å². The molecule has 0 aliphatic rings. The summed E-state index contributed by atoms with van der Waals surface area (Å²) in [5, 5.41) is 7.56. The predicted octanol–water partition coefficient (Wildman–Crippen LogP) is 6.98. The van der Waals surface area contributed by atoms with Crippen molar-refractivity contribution in [3.05, 3.63) is 131 Å². The van der Waals surface area contributed by atoms with E-state index in [2.05, 4.69) is 16.0 Å². The first-order valence-electron chi connectivity index (χ1n) is 12.4. The van der Waals surface area contributed by atoms with Crippen LogP contribution in [-0.4, -0.2) is 23.5 Å². The smallest absolute Gasteiger partial charge is 0.325 e. The molecular weight excluding hydrogens is 570 g/mol. The number of para-hydroxylation sites is 1. The summed E-state index contributed by atoms with van der Waals surface area (Å²) < 4.78 is 52.9. The van der Waals surface area contributed by atoms with Crippen LogP contribution < -0.4 is 16.0 Å². The molecule has 0 heterocycles. The van der Waals surface area contributed by atoms with Crippen molar-refractivity contribution < 1.29 is 31.9 Å². The Morgan fingerprint density at radius 1 is 0.762 bits per heavy atom. The zero-order valence-corrected chi connectivity index (χ0v) is 22.6. The van der Waals surface area contributed by atoms with Gasteiger partial charge in [-0.05, 0) is 72.3 Å². The number of hydrogen-bond donors (Lipinski definition) is 3. The van der Waals surface area contributed by atoms with Gasteiger partial charge in [0.15, 0.2) is 0 Å². The second kappa shape index (κ2) is 13.6. The van der Waals surface area contributed by atoms with Gasteiger partial charge in [0.05, 0.1) is 17.0 Å². The van der Waals surface area contributed by atoms with Crippen LogP contribution in [0.5, 0.6) is 0 Å². The SMILES string of the molecule is O=C(CSc1ccc(NC(=O)/C(=C/c2ccc(F)cc2)NC(=O)c2ccccc2)cc1)Nc1ccccc1C(F)(F)F. The lowest BCUT2D eigenvalue weighted by Crippen LogP contribution is -2.30. The van der Waals surface area contributed by atoms with Crippen molar-refractivity contribution in [1.29, 1.82) is 0 Å². The summed E-state index contributed by atoms with van der Waals surface area (Å²) in [6, 6.07) is 24.8. The summed E-state index contributed by atoms with van der Waals surface area (Å²) in [6.45, 7) is 0. The van der Waals surface area contributed by atoms with Gasteiger partial charge in [-0.2, -0.15) is 13.2 Å². The third-order valence-electron chi connectivity index (χ3n) is 5.70.